The zero-order valence-corrected chi connectivity index (χ0v) is 11.7. The van der Waals surface area contributed by atoms with Crippen LogP contribution >= 0.6 is 0 Å². The highest BCUT2D eigenvalue weighted by molar-refractivity contribution is 5.91. The molecule has 0 aliphatic carbocycles. The SMILES string of the molecule is Cc1nc(-c2cnc(N3CCNCC3)nc2)oc1C(N)=O. The van der Waals surface area contributed by atoms with E-state index in [1.165, 1.54) is 0 Å². The molecular weight excluding hydrogens is 272 g/mol. The number of amides is 1. The molecule has 0 aromatic carbocycles. The number of aryl methyl sites for hydroxylation is 1. The molecule has 0 atom stereocenters. The minimum Gasteiger partial charge on any atom is -0.431 e. The van der Waals surface area contributed by atoms with Gasteiger partial charge in [-0.3, -0.25) is 4.79 Å². The lowest BCUT2D eigenvalue weighted by Crippen LogP contribution is -2.44. The van der Waals surface area contributed by atoms with Crippen molar-refractivity contribution in [1.29, 1.82) is 0 Å². The van der Waals surface area contributed by atoms with Gasteiger partial charge < -0.3 is 20.4 Å². The summed E-state index contributed by atoms with van der Waals surface area (Å²) < 4.78 is 5.36. The lowest BCUT2D eigenvalue weighted by atomic mass is 10.3. The minimum atomic E-state index is -0.635. The first kappa shape index (κ1) is 13.5. The molecule has 8 heteroatoms. The Morgan fingerprint density at radius 1 is 1.33 bits per heavy atom. The number of piperazine rings is 1. The van der Waals surface area contributed by atoms with E-state index < -0.39 is 5.91 Å². The maximum absolute atomic E-state index is 11.2. The Bertz CT molecular complexity index is 645. The van der Waals surface area contributed by atoms with Crippen LogP contribution in [0, 0.1) is 6.92 Å². The first-order chi connectivity index (χ1) is 10.1. The number of hydrogen-bond acceptors (Lipinski definition) is 7. The van der Waals surface area contributed by atoms with Crippen LogP contribution in [0.4, 0.5) is 5.95 Å². The second kappa shape index (κ2) is 5.49. The Kier molecular flexibility index (Phi) is 3.53. The van der Waals surface area contributed by atoms with E-state index in [9.17, 15) is 4.79 Å². The van der Waals surface area contributed by atoms with Gasteiger partial charge in [-0.1, -0.05) is 0 Å². The van der Waals surface area contributed by atoms with Crippen molar-refractivity contribution in [1.82, 2.24) is 20.3 Å². The molecule has 2 aromatic rings. The summed E-state index contributed by atoms with van der Waals surface area (Å²) >= 11 is 0. The number of nitrogens with zero attached hydrogens (tertiary/aromatic N) is 4. The fourth-order valence-corrected chi connectivity index (χ4v) is 2.21. The Morgan fingerprint density at radius 3 is 2.57 bits per heavy atom. The van der Waals surface area contributed by atoms with E-state index >= 15 is 0 Å². The summed E-state index contributed by atoms with van der Waals surface area (Å²) in [6, 6.07) is 0. The summed E-state index contributed by atoms with van der Waals surface area (Å²) in [5, 5.41) is 3.28. The second-order valence-electron chi connectivity index (χ2n) is 4.81. The van der Waals surface area contributed by atoms with Gasteiger partial charge in [-0.15, -0.1) is 0 Å². The highest BCUT2D eigenvalue weighted by Crippen LogP contribution is 2.21. The fourth-order valence-electron chi connectivity index (χ4n) is 2.21. The van der Waals surface area contributed by atoms with Crippen LogP contribution in [0.15, 0.2) is 16.8 Å². The smallest absolute Gasteiger partial charge is 0.286 e. The standard InChI is InChI=1S/C13H16N6O2/c1-8-10(11(14)20)21-12(18-8)9-6-16-13(17-7-9)19-4-2-15-3-5-19/h6-7,15H,2-5H2,1H3,(H2,14,20). The number of carbonyl (C=O) groups is 1. The van der Waals surface area contributed by atoms with Crippen LogP contribution in [0.5, 0.6) is 0 Å². The van der Waals surface area contributed by atoms with E-state index in [1.54, 1.807) is 19.3 Å². The Labute approximate surface area is 121 Å². The number of anilines is 1. The zero-order chi connectivity index (χ0) is 14.8. The Morgan fingerprint density at radius 2 is 2.00 bits per heavy atom. The molecule has 0 bridgehead atoms. The molecule has 0 unspecified atom stereocenters. The average molecular weight is 288 g/mol. The topological polar surface area (TPSA) is 110 Å². The first-order valence-electron chi connectivity index (χ1n) is 6.70. The van der Waals surface area contributed by atoms with Crippen LogP contribution in [-0.2, 0) is 0 Å². The lowest BCUT2D eigenvalue weighted by Gasteiger charge is -2.27. The summed E-state index contributed by atoms with van der Waals surface area (Å²) in [6.07, 6.45) is 3.28. The van der Waals surface area contributed by atoms with Crippen molar-refractivity contribution < 1.29 is 9.21 Å². The maximum atomic E-state index is 11.2. The first-order valence-corrected chi connectivity index (χ1v) is 6.70. The Hall–Kier alpha value is -2.48. The third-order valence-electron chi connectivity index (χ3n) is 3.31. The lowest BCUT2D eigenvalue weighted by molar-refractivity contribution is 0.0974. The number of primary amides is 1. The molecular formula is C13H16N6O2. The largest absolute Gasteiger partial charge is 0.431 e. The molecule has 1 aliphatic heterocycles. The predicted octanol–water partition coefficient (Wildman–Crippen LogP) is -0.0515. The molecule has 2 aromatic heterocycles. The molecule has 0 spiro atoms. The summed E-state index contributed by atoms with van der Waals surface area (Å²) in [5.41, 5.74) is 6.29. The van der Waals surface area contributed by atoms with Gasteiger partial charge in [0.25, 0.3) is 5.91 Å². The third-order valence-corrected chi connectivity index (χ3v) is 3.31. The van der Waals surface area contributed by atoms with E-state index in [0.29, 0.717) is 23.1 Å². The number of oxazole rings is 1. The van der Waals surface area contributed by atoms with Gasteiger partial charge in [0.15, 0.2) is 0 Å². The maximum Gasteiger partial charge on any atom is 0.286 e. The minimum absolute atomic E-state index is 0.0659. The Balaban J connectivity index is 1.83. The molecule has 110 valence electrons. The van der Waals surface area contributed by atoms with Crippen LogP contribution in [0.2, 0.25) is 0 Å². The summed E-state index contributed by atoms with van der Waals surface area (Å²) in [7, 11) is 0. The summed E-state index contributed by atoms with van der Waals surface area (Å²) in [6.45, 7) is 5.27. The van der Waals surface area contributed by atoms with Gasteiger partial charge in [-0.05, 0) is 6.92 Å². The molecule has 8 nitrogen and oxygen atoms in total. The monoisotopic (exact) mass is 288 g/mol. The van der Waals surface area contributed by atoms with Crippen molar-refractivity contribution in [2.75, 3.05) is 31.1 Å². The molecule has 1 fully saturated rings. The molecule has 21 heavy (non-hydrogen) atoms. The van der Waals surface area contributed by atoms with Crippen molar-refractivity contribution in [2.24, 2.45) is 5.73 Å². The van der Waals surface area contributed by atoms with Gasteiger partial charge in [-0.2, -0.15) is 0 Å². The van der Waals surface area contributed by atoms with Gasteiger partial charge in [-0.25, -0.2) is 15.0 Å². The fraction of sp³-hybridized carbons (Fsp3) is 0.385. The van der Waals surface area contributed by atoms with Crippen LogP contribution in [0.3, 0.4) is 0 Å². The van der Waals surface area contributed by atoms with E-state index in [-0.39, 0.29) is 5.76 Å². The molecule has 1 saturated heterocycles. The number of carbonyl (C=O) groups excluding carboxylic acids is 1. The van der Waals surface area contributed by atoms with Gasteiger partial charge in [0.1, 0.15) is 0 Å². The van der Waals surface area contributed by atoms with E-state index in [1.807, 2.05) is 0 Å². The van der Waals surface area contributed by atoms with Crippen LogP contribution in [-0.4, -0.2) is 47.0 Å². The van der Waals surface area contributed by atoms with Gasteiger partial charge >= 0.3 is 0 Å². The third kappa shape index (κ3) is 2.70. The van der Waals surface area contributed by atoms with Crippen molar-refractivity contribution in [3.8, 4) is 11.5 Å². The second-order valence-corrected chi connectivity index (χ2v) is 4.81. The van der Waals surface area contributed by atoms with Crippen LogP contribution in [0.25, 0.3) is 11.5 Å². The highest BCUT2D eigenvalue weighted by atomic mass is 16.4. The molecule has 1 aliphatic rings. The number of aromatic nitrogens is 3. The predicted molar refractivity (Wildman–Crippen MR) is 75.9 cm³/mol. The number of hydrogen-bond donors (Lipinski definition) is 2. The van der Waals surface area contributed by atoms with Crippen LogP contribution < -0.4 is 16.0 Å². The average Bonchev–Trinajstić information content (AvgIpc) is 2.90. The molecule has 0 saturated carbocycles. The number of nitrogens with two attached hydrogens (primary N) is 1. The summed E-state index contributed by atoms with van der Waals surface area (Å²) in [5.74, 6) is 0.410. The van der Waals surface area contributed by atoms with Crippen molar-refractivity contribution >= 4 is 11.9 Å². The van der Waals surface area contributed by atoms with Crippen molar-refractivity contribution in [3.63, 3.8) is 0 Å². The van der Waals surface area contributed by atoms with E-state index in [0.717, 1.165) is 26.2 Å². The number of nitrogens with one attached hydrogen (secondary N) is 1. The van der Waals surface area contributed by atoms with Crippen LogP contribution in [0.1, 0.15) is 16.2 Å². The molecule has 3 heterocycles. The van der Waals surface area contributed by atoms with Gasteiger partial charge in [0.05, 0.1) is 11.3 Å². The van der Waals surface area contributed by atoms with E-state index in [4.69, 9.17) is 10.2 Å². The van der Waals surface area contributed by atoms with Crippen molar-refractivity contribution in [3.05, 3.63) is 23.8 Å². The molecule has 3 N–H and O–H groups in total. The molecule has 3 rings (SSSR count). The molecule has 1 amide bonds. The van der Waals surface area contributed by atoms with Gasteiger partial charge in [0, 0.05) is 38.6 Å². The highest BCUT2D eigenvalue weighted by Gasteiger charge is 2.17. The summed E-state index contributed by atoms with van der Waals surface area (Å²) in [4.78, 5) is 26.1. The van der Waals surface area contributed by atoms with Gasteiger partial charge in [0.2, 0.25) is 17.6 Å². The van der Waals surface area contributed by atoms with E-state index in [2.05, 4.69) is 25.2 Å². The van der Waals surface area contributed by atoms with Crippen molar-refractivity contribution in [2.45, 2.75) is 6.92 Å². The normalized spacial score (nSPS) is 15.2. The quantitative estimate of drug-likeness (QED) is 0.814. The zero-order valence-electron chi connectivity index (χ0n) is 11.7. The molecule has 0 radical (unpaired) electrons. The number of rotatable bonds is 3.